The maximum Gasteiger partial charge on any atom is 0.305 e. The largest absolute Gasteiger partial charge is 0.481 e. The normalized spacial score (nSPS) is 9.86. The molecule has 0 rings (SSSR count). The van der Waals surface area contributed by atoms with Crippen LogP contribution in [0.1, 0.15) is 6.42 Å². The molecule has 0 aliphatic carbocycles. The zero-order chi connectivity index (χ0) is 11.0. The van der Waals surface area contributed by atoms with Crippen molar-refractivity contribution >= 4 is 11.9 Å². The van der Waals surface area contributed by atoms with Gasteiger partial charge in [-0.2, -0.15) is 0 Å². The molecule has 0 aromatic rings. The summed E-state index contributed by atoms with van der Waals surface area (Å²) >= 11 is 0. The van der Waals surface area contributed by atoms with E-state index in [0.29, 0.717) is 13.2 Å². The van der Waals surface area contributed by atoms with Crippen LogP contribution in [0.15, 0.2) is 0 Å². The number of nitrogens with two attached hydrogens (primary N) is 1. The average molecular weight is 204 g/mol. The average Bonchev–Trinajstić information content (AvgIpc) is 2.14. The molecule has 3 N–H and O–H groups in total. The number of hydrogen-bond acceptors (Lipinski definition) is 4. The minimum atomic E-state index is -0.924. The molecule has 0 aliphatic rings. The van der Waals surface area contributed by atoms with Crippen LogP contribution < -0.4 is 5.73 Å². The van der Waals surface area contributed by atoms with Gasteiger partial charge in [-0.1, -0.05) is 0 Å². The van der Waals surface area contributed by atoms with Gasteiger partial charge in [0.2, 0.25) is 5.91 Å². The number of rotatable bonds is 7. The summed E-state index contributed by atoms with van der Waals surface area (Å²) in [5.41, 5.74) is 5.16. The van der Waals surface area contributed by atoms with E-state index in [-0.39, 0.29) is 25.5 Å². The molecular formula is C8H16N2O4. The lowest BCUT2D eigenvalue weighted by Gasteiger charge is -2.15. The lowest BCUT2D eigenvalue weighted by molar-refractivity contribution is -0.139. The fraction of sp³-hybridized carbons (Fsp3) is 0.750. The second-order valence-electron chi connectivity index (χ2n) is 2.80. The molecule has 0 radical (unpaired) electrons. The maximum atomic E-state index is 11.2. The summed E-state index contributed by atoms with van der Waals surface area (Å²) in [4.78, 5) is 22.7. The van der Waals surface area contributed by atoms with Crippen LogP contribution in [-0.2, 0) is 14.3 Å². The first-order valence-corrected chi connectivity index (χ1v) is 4.31. The molecule has 0 spiro atoms. The van der Waals surface area contributed by atoms with Crippen molar-refractivity contribution in [1.82, 2.24) is 4.90 Å². The standard InChI is InChI=1S/C8H16N2O4/c1-10(4-2-8(12)13)7(11)6-14-5-3-9/h2-6,9H2,1H3,(H,12,13). The molecule has 0 aromatic carbocycles. The molecule has 0 aliphatic heterocycles. The van der Waals surface area contributed by atoms with Crippen LogP contribution in [0.4, 0.5) is 0 Å². The molecule has 6 nitrogen and oxygen atoms in total. The van der Waals surface area contributed by atoms with Crippen molar-refractivity contribution in [3.63, 3.8) is 0 Å². The molecule has 1 amide bonds. The second kappa shape index (κ2) is 7.28. The van der Waals surface area contributed by atoms with Crippen LogP contribution in [0.2, 0.25) is 0 Å². The highest BCUT2D eigenvalue weighted by Gasteiger charge is 2.09. The van der Waals surface area contributed by atoms with Crippen molar-refractivity contribution in [2.75, 3.05) is 33.4 Å². The molecule has 0 saturated heterocycles. The third kappa shape index (κ3) is 6.38. The number of amides is 1. The van der Waals surface area contributed by atoms with Crippen LogP contribution >= 0.6 is 0 Å². The summed E-state index contributed by atoms with van der Waals surface area (Å²) in [5, 5.41) is 8.37. The number of carboxylic acid groups (broad SMARTS) is 1. The Morgan fingerprint density at radius 3 is 2.64 bits per heavy atom. The van der Waals surface area contributed by atoms with Crippen LogP contribution in [0, 0.1) is 0 Å². The summed E-state index contributed by atoms with van der Waals surface area (Å²) in [6.07, 6.45) is -0.0564. The van der Waals surface area contributed by atoms with Crippen LogP contribution in [-0.4, -0.2) is 55.2 Å². The number of ether oxygens (including phenoxy) is 1. The highest BCUT2D eigenvalue weighted by atomic mass is 16.5. The van der Waals surface area contributed by atoms with Gasteiger partial charge in [0.1, 0.15) is 6.61 Å². The first-order chi connectivity index (χ1) is 6.57. The second-order valence-corrected chi connectivity index (χ2v) is 2.80. The minimum Gasteiger partial charge on any atom is -0.481 e. The van der Waals surface area contributed by atoms with Crippen molar-refractivity contribution in [2.45, 2.75) is 6.42 Å². The van der Waals surface area contributed by atoms with E-state index < -0.39 is 5.97 Å². The highest BCUT2D eigenvalue weighted by molar-refractivity contribution is 5.77. The Hall–Kier alpha value is -1.14. The van der Waals surface area contributed by atoms with E-state index in [1.807, 2.05) is 0 Å². The Bertz CT molecular complexity index is 196. The molecule has 0 saturated carbocycles. The topological polar surface area (TPSA) is 92.9 Å². The van der Waals surface area contributed by atoms with Gasteiger partial charge in [0.25, 0.3) is 0 Å². The predicted octanol–water partition coefficient (Wildman–Crippen LogP) is -1.11. The van der Waals surface area contributed by atoms with Crippen molar-refractivity contribution in [2.24, 2.45) is 5.73 Å². The molecule has 0 atom stereocenters. The van der Waals surface area contributed by atoms with E-state index >= 15 is 0 Å². The molecule has 0 unspecified atom stereocenters. The summed E-state index contributed by atoms with van der Waals surface area (Å²) in [6, 6.07) is 0. The molecule has 14 heavy (non-hydrogen) atoms. The number of nitrogens with zero attached hydrogens (tertiary/aromatic N) is 1. The van der Waals surface area contributed by atoms with Gasteiger partial charge in [-0.15, -0.1) is 0 Å². The minimum absolute atomic E-state index is 0.0483. The molecule has 0 bridgehead atoms. The maximum absolute atomic E-state index is 11.2. The monoisotopic (exact) mass is 204 g/mol. The predicted molar refractivity (Wildman–Crippen MR) is 49.8 cm³/mol. The fourth-order valence-corrected chi connectivity index (χ4v) is 0.741. The van der Waals surface area contributed by atoms with E-state index in [1.165, 1.54) is 11.9 Å². The lowest BCUT2D eigenvalue weighted by Crippen LogP contribution is -2.32. The SMILES string of the molecule is CN(CCC(=O)O)C(=O)COCCN. The van der Waals surface area contributed by atoms with E-state index in [4.69, 9.17) is 15.6 Å². The zero-order valence-corrected chi connectivity index (χ0v) is 8.23. The summed E-state index contributed by atoms with van der Waals surface area (Å²) in [6.45, 7) is 0.845. The molecule has 0 heterocycles. The summed E-state index contributed by atoms with van der Waals surface area (Å²) < 4.78 is 4.91. The van der Waals surface area contributed by atoms with Crippen molar-refractivity contribution in [3.8, 4) is 0 Å². The van der Waals surface area contributed by atoms with Crippen LogP contribution in [0.25, 0.3) is 0 Å². The Labute approximate surface area is 82.6 Å². The van der Waals surface area contributed by atoms with Gasteiger partial charge in [-0.05, 0) is 0 Å². The highest BCUT2D eigenvalue weighted by Crippen LogP contribution is 1.90. The molecule has 0 fully saturated rings. The van der Waals surface area contributed by atoms with E-state index in [2.05, 4.69) is 0 Å². The van der Waals surface area contributed by atoms with Gasteiger partial charge in [-0.25, -0.2) is 0 Å². The van der Waals surface area contributed by atoms with E-state index in [1.54, 1.807) is 0 Å². The lowest BCUT2D eigenvalue weighted by atomic mass is 10.4. The smallest absolute Gasteiger partial charge is 0.305 e. The number of carboxylic acids is 1. The third-order valence-electron chi connectivity index (χ3n) is 1.57. The summed E-state index contributed by atoms with van der Waals surface area (Å²) in [5.74, 6) is -1.16. The van der Waals surface area contributed by atoms with Gasteiger partial charge >= 0.3 is 5.97 Å². The molecule has 82 valence electrons. The van der Waals surface area contributed by atoms with E-state index in [0.717, 1.165) is 0 Å². The number of carbonyl (C=O) groups is 2. The quantitative estimate of drug-likeness (QED) is 0.513. The number of aliphatic carboxylic acids is 1. The molecule has 0 aromatic heterocycles. The van der Waals surface area contributed by atoms with Gasteiger partial charge in [0.05, 0.1) is 13.0 Å². The van der Waals surface area contributed by atoms with E-state index in [9.17, 15) is 9.59 Å². The Balaban J connectivity index is 3.59. The Morgan fingerprint density at radius 1 is 1.50 bits per heavy atom. The Kier molecular flexibility index (Phi) is 6.69. The number of likely N-dealkylation sites (N-methyl/N-ethyl adjacent to an activating group) is 1. The van der Waals surface area contributed by atoms with Crippen molar-refractivity contribution < 1.29 is 19.4 Å². The van der Waals surface area contributed by atoms with Gasteiger partial charge in [0, 0.05) is 20.1 Å². The fourth-order valence-electron chi connectivity index (χ4n) is 0.741. The summed E-state index contributed by atoms with van der Waals surface area (Å²) in [7, 11) is 1.54. The van der Waals surface area contributed by atoms with Gasteiger partial charge in [-0.3, -0.25) is 9.59 Å². The van der Waals surface area contributed by atoms with Crippen LogP contribution in [0.5, 0.6) is 0 Å². The number of carbonyl (C=O) groups excluding carboxylic acids is 1. The number of hydrogen-bond donors (Lipinski definition) is 2. The zero-order valence-electron chi connectivity index (χ0n) is 8.23. The van der Waals surface area contributed by atoms with Crippen molar-refractivity contribution in [3.05, 3.63) is 0 Å². The third-order valence-corrected chi connectivity index (χ3v) is 1.57. The van der Waals surface area contributed by atoms with Gasteiger partial charge < -0.3 is 20.5 Å². The first-order valence-electron chi connectivity index (χ1n) is 4.31. The molecule has 6 heteroatoms. The van der Waals surface area contributed by atoms with Crippen LogP contribution in [0.3, 0.4) is 0 Å². The van der Waals surface area contributed by atoms with Crippen molar-refractivity contribution in [1.29, 1.82) is 0 Å². The Morgan fingerprint density at radius 2 is 2.14 bits per heavy atom. The molecular weight excluding hydrogens is 188 g/mol. The first kappa shape index (κ1) is 12.9. The van der Waals surface area contributed by atoms with Gasteiger partial charge in [0.15, 0.2) is 0 Å².